The Kier molecular flexibility index (Phi) is 2.25. The minimum atomic E-state index is -0.944. The standard InChI is InChI=1S/C6H12O4/c1-3-5(8)6(9)4(2-7)10-3/h3-9H,2H2,1H3/t3-,4?,5?,6?/m1/s1. The third kappa shape index (κ3) is 1.15. The molecule has 0 amide bonds. The molecule has 60 valence electrons. The topological polar surface area (TPSA) is 69.9 Å². The lowest BCUT2D eigenvalue weighted by Gasteiger charge is -2.10. The third-order valence-electron chi connectivity index (χ3n) is 1.78. The highest BCUT2D eigenvalue weighted by Crippen LogP contribution is 2.19. The van der Waals surface area contributed by atoms with E-state index in [9.17, 15) is 0 Å². The predicted octanol–water partition coefficient (Wildman–Crippen LogP) is -1.51. The Labute approximate surface area is 59.1 Å². The Morgan fingerprint density at radius 3 is 2.10 bits per heavy atom. The van der Waals surface area contributed by atoms with Crippen LogP contribution in [0.2, 0.25) is 0 Å². The van der Waals surface area contributed by atoms with E-state index < -0.39 is 18.3 Å². The fourth-order valence-corrected chi connectivity index (χ4v) is 1.09. The summed E-state index contributed by atoms with van der Waals surface area (Å²) in [6, 6.07) is 0. The molecule has 0 aliphatic carbocycles. The molecule has 1 aliphatic rings. The van der Waals surface area contributed by atoms with E-state index in [1.807, 2.05) is 0 Å². The summed E-state index contributed by atoms with van der Waals surface area (Å²) in [5, 5.41) is 26.8. The van der Waals surface area contributed by atoms with Gasteiger partial charge in [0.1, 0.15) is 18.3 Å². The second-order valence-electron chi connectivity index (χ2n) is 2.54. The largest absolute Gasteiger partial charge is 0.394 e. The van der Waals surface area contributed by atoms with Crippen LogP contribution in [0.3, 0.4) is 0 Å². The number of aliphatic hydroxyl groups is 3. The van der Waals surface area contributed by atoms with Gasteiger partial charge in [-0.15, -0.1) is 0 Å². The zero-order chi connectivity index (χ0) is 7.72. The number of rotatable bonds is 1. The lowest BCUT2D eigenvalue weighted by molar-refractivity contribution is -0.0171. The van der Waals surface area contributed by atoms with Crippen molar-refractivity contribution in [1.82, 2.24) is 0 Å². The Morgan fingerprint density at radius 1 is 1.30 bits per heavy atom. The molecule has 4 heteroatoms. The molecule has 3 unspecified atom stereocenters. The second-order valence-corrected chi connectivity index (χ2v) is 2.54. The lowest BCUT2D eigenvalue weighted by Crippen LogP contribution is -2.33. The molecule has 1 rings (SSSR count). The average molecular weight is 148 g/mol. The first kappa shape index (κ1) is 7.94. The summed E-state index contributed by atoms with van der Waals surface area (Å²) in [7, 11) is 0. The van der Waals surface area contributed by atoms with Crippen molar-refractivity contribution in [3.05, 3.63) is 0 Å². The average Bonchev–Trinajstić information content (AvgIpc) is 2.17. The van der Waals surface area contributed by atoms with Crippen LogP contribution in [0.5, 0.6) is 0 Å². The molecule has 0 spiro atoms. The Morgan fingerprint density at radius 2 is 1.90 bits per heavy atom. The molecular weight excluding hydrogens is 136 g/mol. The molecule has 1 fully saturated rings. The van der Waals surface area contributed by atoms with Gasteiger partial charge in [0.25, 0.3) is 0 Å². The molecule has 4 atom stereocenters. The summed E-state index contributed by atoms with van der Waals surface area (Å²) < 4.78 is 4.98. The highest BCUT2D eigenvalue weighted by atomic mass is 16.5. The Balaban J connectivity index is 2.53. The van der Waals surface area contributed by atoms with E-state index >= 15 is 0 Å². The van der Waals surface area contributed by atoms with E-state index in [0.29, 0.717) is 0 Å². The van der Waals surface area contributed by atoms with Gasteiger partial charge in [0.05, 0.1) is 12.7 Å². The summed E-state index contributed by atoms with van der Waals surface area (Å²) in [5.41, 5.74) is 0. The van der Waals surface area contributed by atoms with E-state index in [4.69, 9.17) is 20.1 Å². The van der Waals surface area contributed by atoms with Crippen molar-refractivity contribution in [3.63, 3.8) is 0 Å². The Hall–Kier alpha value is -0.160. The fraction of sp³-hybridized carbons (Fsp3) is 1.00. The van der Waals surface area contributed by atoms with Crippen LogP contribution in [0.1, 0.15) is 6.92 Å². The van der Waals surface area contributed by atoms with Gasteiger partial charge < -0.3 is 20.1 Å². The summed E-state index contributed by atoms with van der Waals surface area (Å²) in [6.45, 7) is 1.41. The molecule has 0 aromatic rings. The van der Waals surface area contributed by atoms with Crippen LogP contribution in [0, 0.1) is 0 Å². The van der Waals surface area contributed by atoms with E-state index in [1.165, 1.54) is 0 Å². The van der Waals surface area contributed by atoms with Gasteiger partial charge in [-0.2, -0.15) is 0 Å². The van der Waals surface area contributed by atoms with Crippen molar-refractivity contribution in [3.8, 4) is 0 Å². The quantitative estimate of drug-likeness (QED) is 0.422. The molecule has 1 aliphatic heterocycles. The second kappa shape index (κ2) is 2.84. The monoisotopic (exact) mass is 148 g/mol. The minimum Gasteiger partial charge on any atom is -0.394 e. The van der Waals surface area contributed by atoms with Crippen LogP contribution in [0.4, 0.5) is 0 Å². The zero-order valence-electron chi connectivity index (χ0n) is 5.77. The maximum absolute atomic E-state index is 9.09. The molecule has 0 aromatic carbocycles. The number of hydrogen-bond acceptors (Lipinski definition) is 4. The van der Waals surface area contributed by atoms with Crippen LogP contribution >= 0.6 is 0 Å². The molecule has 10 heavy (non-hydrogen) atoms. The van der Waals surface area contributed by atoms with Crippen molar-refractivity contribution >= 4 is 0 Å². The number of ether oxygens (including phenoxy) is 1. The number of hydrogen-bond donors (Lipinski definition) is 3. The molecule has 1 heterocycles. The van der Waals surface area contributed by atoms with E-state index in [1.54, 1.807) is 6.92 Å². The van der Waals surface area contributed by atoms with Gasteiger partial charge in [-0.1, -0.05) is 0 Å². The lowest BCUT2D eigenvalue weighted by atomic mass is 10.1. The van der Waals surface area contributed by atoms with Gasteiger partial charge in [-0.3, -0.25) is 0 Å². The van der Waals surface area contributed by atoms with Gasteiger partial charge in [-0.05, 0) is 6.92 Å². The Bertz CT molecular complexity index is 116. The molecule has 3 N–H and O–H groups in total. The van der Waals surface area contributed by atoms with Crippen molar-refractivity contribution in [2.24, 2.45) is 0 Å². The molecular formula is C6H12O4. The van der Waals surface area contributed by atoms with Crippen LogP contribution < -0.4 is 0 Å². The molecule has 0 saturated carbocycles. The van der Waals surface area contributed by atoms with E-state index in [0.717, 1.165) is 0 Å². The molecule has 0 aromatic heterocycles. The van der Waals surface area contributed by atoms with E-state index in [2.05, 4.69) is 0 Å². The SMILES string of the molecule is C[C@H]1OC(CO)C(O)C1O. The third-order valence-corrected chi connectivity index (χ3v) is 1.78. The summed E-state index contributed by atoms with van der Waals surface area (Å²) in [6.07, 6.45) is -2.81. The van der Waals surface area contributed by atoms with Crippen molar-refractivity contribution < 1.29 is 20.1 Å². The normalized spacial score (nSPS) is 48.0. The summed E-state index contributed by atoms with van der Waals surface area (Å²) in [5.74, 6) is 0. The summed E-state index contributed by atoms with van der Waals surface area (Å²) in [4.78, 5) is 0. The highest BCUT2D eigenvalue weighted by Gasteiger charge is 2.39. The molecule has 4 nitrogen and oxygen atoms in total. The minimum absolute atomic E-state index is 0.247. The number of aliphatic hydroxyl groups excluding tert-OH is 3. The van der Waals surface area contributed by atoms with Gasteiger partial charge in [0.2, 0.25) is 0 Å². The van der Waals surface area contributed by atoms with Crippen molar-refractivity contribution in [2.75, 3.05) is 6.61 Å². The van der Waals surface area contributed by atoms with Gasteiger partial charge >= 0.3 is 0 Å². The predicted molar refractivity (Wildman–Crippen MR) is 33.4 cm³/mol. The van der Waals surface area contributed by atoms with Gasteiger partial charge in [-0.25, -0.2) is 0 Å². The maximum Gasteiger partial charge on any atom is 0.111 e. The zero-order valence-corrected chi connectivity index (χ0v) is 5.77. The first-order valence-electron chi connectivity index (χ1n) is 3.29. The summed E-state index contributed by atoms with van der Waals surface area (Å²) >= 11 is 0. The molecule has 1 saturated heterocycles. The van der Waals surface area contributed by atoms with Gasteiger partial charge in [0.15, 0.2) is 0 Å². The van der Waals surface area contributed by atoms with E-state index in [-0.39, 0.29) is 12.7 Å². The van der Waals surface area contributed by atoms with Crippen LogP contribution in [0.15, 0.2) is 0 Å². The first-order chi connectivity index (χ1) is 4.66. The van der Waals surface area contributed by atoms with Crippen LogP contribution in [-0.4, -0.2) is 46.3 Å². The smallest absolute Gasteiger partial charge is 0.111 e. The maximum atomic E-state index is 9.09. The highest BCUT2D eigenvalue weighted by molar-refractivity contribution is 4.87. The molecule has 0 bridgehead atoms. The first-order valence-corrected chi connectivity index (χ1v) is 3.29. The van der Waals surface area contributed by atoms with Gasteiger partial charge in [0, 0.05) is 0 Å². The van der Waals surface area contributed by atoms with Crippen molar-refractivity contribution in [2.45, 2.75) is 31.3 Å². The fourth-order valence-electron chi connectivity index (χ4n) is 1.09. The van der Waals surface area contributed by atoms with Crippen molar-refractivity contribution in [1.29, 1.82) is 0 Å². The van der Waals surface area contributed by atoms with Crippen LogP contribution in [0.25, 0.3) is 0 Å². The van der Waals surface area contributed by atoms with Crippen LogP contribution in [-0.2, 0) is 4.74 Å². The molecule has 0 radical (unpaired) electrons.